The molecule has 1 heterocycles. The van der Waals surface area contributed by atoms with Crippen LogP contribution in [0.5, 0.6) is 0 Å². The third-order valence-corrected chi connectivity index (χ3v) is 4.38. The fourth-order valence-corrected chi connectivity index (χ4v) is 3.32. The smallest absolute Gasteiger partial charge is 0.0220 e. The van der Waals surface area contributed by atoms with E-state index >= 15 is 0 Å². The third-order valence-electron chi connectivity index (χ3n) is 3.33. The van der Waals surface area contributed by atoms with E-state index in [9.17, 15) is 0 Å². The van der Waals surface area contributed by atoms with E-state index in [4.69, 9.17) is 0 Å². The molecular formula is C14H30N2S. The topological polar surface area (TPSA) is 15.3 Å². The summed E-state index contributed by atoms with van der Waals surface area (Å²) in [6.07, 6.45) is 4.02. The summed E-state index contributed by atoms with van der Waals surface area (Å²) in [6, 6.07) is 0.762. The quantitative estimate of drug-likeness (QED) is 0.756. The first kappa shape index (κ1) is 15.3. The van der Waals surface area contributed by atoms with Gasteiger partial charge in [0.15, 0.2) is 0 Å². The minimum atomic E-state index is 0.761. The van der Waals surface area contributed by atoms with Crippen LogP contribution >= 0.6 is 11.8 Å². The summed E-state index contributed by atoms with van der Waals surface area (Å²) in [7, 11) is 0. The Kier molecular flexibility index (Phi) is 8.33. The van der Waals surface area contributed by atoms with Crippen LogP contribution in [0, 0.1) is 5.92 Å². The molecule has 1 fully saturated rings. The number of hydrogen-bond donors (Lipinski definition) is 1. The molecule has 0 aromatic carbocycles. The molecule has 0 bridgehead atoms. The summed E-state index contributed by atoms with van der Waals surface area (Å²) in [5.74, 6) is 3.44. The van der Waals surface area contributed by atoms with Crippen molar-refractivity contribution in [3.05, 3.63) is 0 Å². The molecule has 2 nitrogen and oxygen atoms in total. The molecule has 0 spiro atoms. The maximum atomic E-state index is 3.64. The lowest BCUT2D eigenvalue weighted by atomic mass is 10.1. The van der Waals surface area contributed by atoms with E-state index in [0.717, 1.165) is 18.5 Å². The number of hydrogen-bond acceptors (Lipinski definition) is 3. The van der Waals surface area contributed by atoms with Crippen molar-refractivity contribution in [2.45, 2.75) is 46.1 Å². The molecule has 3 heteroatoms. The van der Waals surface area contributed by atoms with E-state index in [0.29, 0.717) is 0 Å². The second kappa shape index (κ2) is 9.23. The average Bonchev–Trinajstić information content (AvgIpc) is 2.56. The van der Waals surface area contributed by atoms with Gasteiger partial charge in [-0.25, -0.2) is 0 Å². The molecule has 0 saturated carbocycles. The van der Waals surface area contributed by atoms with Crippen LogP contribution in [0.4, 0.5) is 0 Å². The minimum absolute atomic E-state index is 0.761. The van der Waals surface area contributed by atoms with Crippen molar-refractivity contribution >= 4 is 11.8 Å². The van der Waals surface area contributed by atoms with Crippen molar-refractivity contribution in [3.8, 4) is 0 Å². The molecule has 1 aliphatic heterocycles. The van der Waals surface area contributed by atoms with Gasteiger partial charge in [0.1, 0.15) is 0 Å². The third kappa shape index (κ3) is 6.68. The first-order valence-corrected chi connectivity index (χ1v) is 8.42. The van der Waals surface area contributed by atoms with Crippen molar-refractivity contribution in [1.82, 2.24) is 10.2 Å². The summed E-state index contributed by atoms with van der Waals surface area (Å²) < 4.78 is 0. The van der Waals surface area contributed by atoms with Crippen LogP contribution in [0.15, 0.2) is 0 Å². The summed E-state index contributed by atoms with van der Waals surface area (Å²) in [5.41, 5.74) is 0. The molecule has 0 radical (unpaired) electrons. The lowest BCUT2D eigenvalue weighted by Crippen LogP contribution is -2.44. The summed E-state index contributed by atoms with van der Waals surface area (Å²) in [6.45, 7) is 11.8. The number of nitrogens with one attached hydrogen (secondary N) is 1. The van der Waals surface area contributed by atoms with Gasteiger partial charge in [-0.15, -0.1) is 0 Å². The van der Waals surface area contributed by atoms with Gasteiger partial charge in [-0.1, -0.05) is 27.2 Å². The first-order valence-electron chi connectivity index (χ1n) is 7.26. The van der Waals surface area contributed by atoms with Gasteiger partial charge in [-0.05, 0) is 37.6 Å². The summed E-state index contributed by atoms with van der Waals surface area (Å²) in [5, 5.41) is 3.64. The maximum absolute atomic E-state index is 3.64. The Hall–Kier alpha value is 0.270. The van der Waals surface area contributed by atoms with Crippen LogP contribution in [0.1, 0.15) is 40.0 Å². The van der Waals surface area contributed by atoms with Crippen molar-refractivity contribution in [2.24, 2.45) is 5.92 Å². The second-order valence-corrected chi connectivity index (χ2v) is 6.72. The van der Waals surface area contributed by atoms with Gasteiger partial charge < -0.3 is 5.32 Å². The van der Waals surface area contributed by atoms with E-state index in [2.05, 4.69) is 42.7 Å². The lowest BCUT2D eigenvalue weighted by Gasteiger charge is -2.30. The van der Waals surface area contributed by atoms with Gasteiger partial charge >= 0.3 is 0 Å². The van der Waals surface area contributed by atoms with E-state index in [1.807, 2.05) is 0 Å². The molecular weight excluding hydrogens is 228 g/mol. The highest BCUT2D eigenvalue weighted by atomic mass is 32.2. The number of nitrogens with zero attached hydrogens (tertiary/aromatic N) is 1. The van der Waals surface area contributed by atoms with E-state index < -0.39 is 0 Å². The molecule has 1 aliphatic rings. The summed E-state index contributed by atoms with van der Waals surface area (Å²) >= 11 is 2.12. The molecule has 1 rings (SSSR count). The largest absolute Gasteiger partial charge is 0.315 e. The number of thioether (sulfide) groups is 1. The van der Waals surface area contributed by atoms with Crippen LogP contribution in [-0.4, -0.2) is 48.6 Å². The minimum Gasteiger partial charge on any atom is -0.315 e. The molecule has 1 unspecified atom stereocenters. The van der Waals surface area contributed by atoms with Crippen LogP contribution in [0.3, 0.4) is 0 Å². The molecule has 1 N–H and O–H groups in total. The van der Waals surface area contributed by atoms with Gasteiger partial charge in [0.25, 0.3) is 0 Å². The predicted octanol–water partition coefficient (Wildman–Crippen LogP) is 2.84. The molecule has 0 aromatic heterocycles. The SMILES string of the molecule is CCCC(CNCC(C)C)N1CCCSCC1. The van der Waals surface area contributed by atoms with Crippen molar-refractivity contribution in [1.29, 1.82) is 0 Å². The van der Waals surface area contributed by atoms with Gasteiger partial charge in [-0.2, -0.15) is 11.8 Å². The molecule has 0 aromatic rings. The summed E-state index contributed by atoms with van der Waals surface area (Å²) in [4.78, 5) is 2.72. The zero-order chi connectivity index (χ0) is 12.5. The lowest BCUT2D eigenvalue weighted by molar-refractivity contribution is 0.194. The Morgan fingerprint density at radius 2 is 2.00 bits per heavy atom. The first-order chi connectivity index (χ1) is 8.24. The Bertz CT molecular complexity index is 177. The Balaban J connectivity index is 2.33. The van der Waals surface area contributed by atoms with Crippen LogP contribution < -0.4 is 5.32 Å². The number of rotatable bonds is 7. The highest BCUT2D eigenvalue weighted by Crippen LogP contribution is 2.15. The molecule has 17 heavy (non-hydrogen) atoms. The zero-order valence-electron chi connectivity index (χ0n) is 11.9. The van der Waals surface area contributed by atoms with Crippen molar-refractivity contribution < 1.29 is 0 Å². The average molecular weight is 258 g/mol. The molecule has 102 valence electrons. The highest BCUT2D eigenvalue weighted by molar-refractivity contribution is 7.99. The maximum Gasteiger partial charge on any atom is 0.0220 e. The standard InChI is InChI=1S/C14H30N2S/c1-4-6-14(12-15-11-13(2)3)16-7-5-9-17-10-8-16/h13-15H,4-12H2,1-3H3. The van der Waals surface area contributed by atoms with E-state index in [1.165, 1.54) is 50.4 Å². The van der Waals surface area contributed by atoms with Crippen LogP contribution in [0.2, 0.25) is 0 Å². The van der Waals surface area contributed by atoms with Crippen LogP contribution in [0.25, 0.3) is 0 Å². The Morgan fingerprint density at radius 1 is 1.18 bits per heavy atom. The Morgan fingerprint density at radius 3 is 2.71 bits per heavy atom. The van der Waals surface area contributed by atoms with Crippen molar-refractivity contribution in [2.75, 3.05) is 37.7 Å². The highest BCUT2D eigenvalue weighted by Gasteiger charge is 2.18. The van der Waals surface area contributed by atoms with E-state index in [-0.39, 0.29) is 0 Å². The van der Waals surface area contributed by atoms with Gasteiger partial charge in [0.05, 0.1) is 0 Å². The molecule has 1 atom stereocenters. The van der Waals surface area contributed by atoms with Gasteiger partial charge in [0.2, 0.25) is 0 Å². The zero-order valence-corrected chi connectivity index (χ0v) is 12.7. The predicted molar refractivity (Wildman–Crippen MR) is 79.9 cm³/mol. The second-order valence-electron chi connectivity index (χ2n) is 5.50. The van der Waals surface area contributed by atoms with Crippen molar-refractivity contribution in [3.63, 3.8) is 0 Å². The van der Waals surface area contributed by atoms with Gasteiger partial charge in [0, 0.05) is 24.9 Å². The fraction of sp³-hybridized carbons (Fsp3) is 1.00. The van der Waals surface area contributed by atoms with Gasteiger partial charge in [-0.3, -0.25) is 4.90 Å². The molecule has 1 saturated heterocycles. The normalized spacial score (nSPS) is 20.5. The fourth-order valence-electron chi connectivity index (χ4n) is 2.42. The Labute approximate surface area is 112 Å². The van der Waals surface area contributed by atoms with Crippen LogP contribution in [-0.2, 0) is 0 Å². The monoisotopic (exact) mass is 258 g/mol. The molecule has 0 amide bonds. The molecule has 0 aliphatic carbocycles. The van der Waals surface area contributed by atoms with E-state index in [1.54, 1.807) is 0 Å².